The molecule has 2 aromatic heterocycles. The smallest absolute Gasteiger partial charge is 0.425 e. The molecule has 0 aromatic carbocycles. The van der Waals surface area contributed by atoms with Gasteiger partial charge in [-0.2, -0.15) is 13.2 Å². The molecule has 130 valence electrons. The number of alkyl halides is 3. The van der Waals surface area contributed by atoms with Gasteiger partial charge in [0.1, 0.15) is 17.3 Å². The minimum atomic E-state index is -5.09. The third-order valence-corrected chi connectivity index (χ3v) is 3.34. The molecule has 6 nitrogen and oxygen atoms in total. The predicted molar refractivity (Wildman–Crippen MR) is 78.1 cm³/mol. The lowest BCUT2D eigenvalue weighted by molar-refractivity contribution is -0.272. The van der Waals surface area contributed by atoms with E-state index in [4.69, 9.17) is 4.42 Å². The maximum atomic E-state index is 13.3. The van der Waals surface area contributed by atoms with Crippen LogP contribution in [0.15, 0.2) is 28.9 Å². The Morgan fingerprint density at radius 3 is 2.38 bits per heavy atom. The number of furan rings is 1. The van der Waals surface area contributed by atoms with Crippen LogP contribution in [0.2, 0.25) is 0 Å². The maximum Gasteiger partial charge on any atom is 0.425 e. The lowest BCUT2D eigenvalue weighted by Crippen LogP contribution is -2.44. The lowest BCUT2D eigenvalue weighted by Gasteiger charge is -2.27. The summed E-state index contributed by atoms with van der Waals surface area (Å²) in [6.07, 6.45) is -3.18. The first-order valence-corrected chi connectivity index (χ1v) is 7.12. The van der Waals surface area contributed by atoms with Crippen molar-refractivity contribution in [2.24, 2.45) is 0 Å². The van der Waals surface area contributed by atoms with Gasteiger partial charge in [0.15, 0.2) is 0 Å². The quantitative estimate of drug-likeness (QED) is 0.871. The molecule has 2 aromatic rings. The summed E-state index contributed by atoms with van der Waals surface area (Å²) in [5, 5.41) is 12.3. The van der Waals surface area contributed by atoms with Crippen molar-refractivity contribution < 1.29 is 27.5 Å². The van der Waals surface area contributed by atoms with E-state index in [1.54, 1.807) is 0 Å². The maximum absolute atomic E-state index is 13.3. The van der Waals surface area contributed by atoms with Crippen LogP contribution in [0, 0.1) is 6.92 Å². The van der Waals surface area contributed by atoms with Gasteiger partial charge < -0.3 is 14.8 Å². The zero-order chi connectivity index (χ0) is 18.0. The standard InChI is InChI=1S/C15H16F3N3O3/c1-3-12-19-7-10(8-20-12)21-13(22)6-14(23,15(16,17)18)11-5-4-9(2)24-11/h4-5,7-8,23H,3,6H2,1-2H3,(H,21,22). The molecule has 2 rings (SSSR count). The zero-order valence-electron chi connectivity index (χ0n) is 13.0. The number of rotatable bonds is 5. The number of aliphatic hydroxyl groups is 1. The Morgan fingerprint density at radius 1 is 1.29 bits per heavy atom. The number of aryl methyl sites for hydroxylation is 2. The van der Waals surface area contributed by atoms with Crippen molar-refractivity contribution in [3.63, 3.8) is 0 Å². The molecule has 0 saturated heterocycles. The van der Waals surface area contributed by atoms with Crippen LogP contribution in [0.25, 0.3) is 0 Å². The molecule has 0 aliphatic carbocycles. The number of hydrogen-bond acceptors (Lipinski definition) is 5. The second-order valence-electron chi connectivity index (χ2n) is 5.23. The number of carbonyl (C=O) groups is 1. The van der Waals surface area contributed by atoms with Gasteiger partial charge in [0.25, 0.3) is 0 Å². The van der Waals surface area contributed by atoms with Gasteiger partial charge in [-0.3, -0.25) is 4.79 Å². The highest BCUT2D eigenvalue weighted by Gasteiger charge is 2.58. The summed E-state index contributed by atoms with van der Waals surface area (Å²) in [5.41, 5.74) is -3.28. The van der Waals surface area contributed by atoms with Gasteiger partial charge in [-0.05, 0) is 19.1 Å². The highest BCUT2D eigenvalue weighted by molar-refractivity contribution is 5.91. The number of nitrogens with zero attached hydrogens (tertiary/aromatic N) is 2. The number of anilines is 1. The van der Waals surface area contributed by atoms with Gasteiger partial charge >= 0.3 is 6.18 Å². The van der Waals surface area contributed by atoms with E-state index in [-0.39, 0.29) is 11.4 Å². The predicted octanol–water partition coefficient (Wildman–Crippen LogP) is 2.72. The molecular formula is C15H16F3N3O3. The fourth-order valence-corrected chi connectivity index (χ4v) is 2.02. The molecule has 24 heavy (non-hydrogen) atoms. The molecule has 0 bridgehead atoms. The first-order chi connectivity index (χ1) is 11.2. The molecule has 1 amide bonds. The van der Waals surface area contributed by atoms with E-state index in [1.807, 2.05) is 6.92 Å². The molecule has 0 fully saturated rings. The van der Waals surface area contributed by atoms with E-state index >= 15 is 0 Å². The topological polar surface area (TPSA) is 88.2 Å². The highest BCUT2D eigenvalue weighted by atomic mass is 19.4. The average Bonchev–Trinajstić information content (AvgIpc) is 2.93. The van der Waals surface area contributed by atoms with E-state index in [0.29, 0.717) is 12.2 Å². The Morgan fingerprint density at radius 2 is 1.92 bits per heavy atom. The van der Waals surface area contributed by atoms with Gasteiger partial charge in [0.05, 0.1) is 24.5 Å². The zero-order valence-corrected chi connectivity index (χ0v) is 13.0. The number of nitrogens with one attached hydrogen (secondary N) is 1. The van der Waals surface area contributed by atoms with Crippen LogP contribution in [0.3, 0.4) is 0 Å². The Balaban J connectivity index is 2.18. The largest absolute Gasteiger partial charge is 0.463 e. The van der Waals surface area contributed by atoms with E-state index in [9.17, 15) is 23.1 Å². The molecular weight excluding hydrogens is 327 g/mol. The van der Waals surface area contributed by atoms with Gasteiger partial charge in [-0.1, -0.05) is 6.92 Å². The summed E-state index contributed by atoms with van der Waals surface area (Å²) in [7, 11) is 0. The SMILES string of the molecule is CCc1ncc(NC(=O)CC(O)(c2ccc(C)o2)C(F)(F)F)cn1. The number of amides is 1. The Labute approximate surface area is 135 Å². The Bertz CT molecular complexity index is 713. The molecule has 0 aliphatic rings. The molecule has 0 spiro atoms. The first kappa shape index (κ1) is 17.9. The van der Waals surface area contributed by atoms with Gasteiger partial charge in [0.2, 0.25) is 11.5 Å². The van der Waals surface area contributed by atoms with E-state index in [1.165, 1.54) is 25.4 Å². The molecule has 9 heteroatoms. The monoisotopic (exact) mass is 343 g/mol. The van der Waals surface area contributed by atoms with Crippen LogP contribution in [0.5, 0.6) is 0 Å². The van der Waals surface area contributed by atoms with Crippen LogP contribution in [-0.2, 0) is 16.8 Å². The Kier molecular flexibility index (Phi) is 4.93. The Hall–Kier alpha value is -2.42. The fourth-order valence-electron chi connectivity index (χ4n) is 2.02. The van der Waals surface area contributed by atoms with Crippen LogP contribution >= 0.6 is 0 Å². The second kappa shape index (κ2) is 6.60. The van der Waals surface area contributed by atoms with Gasteiger partial charge in [0, 0.05) is 6.42 Å². The van der Waals surface area contributed by atoms with Crippen molar-refractivity contribution >= 4 is 11.6 Å². The van der Waals surface area contributed by atoms with Crippen LogP contribution in [-0.4, -0.2) is 27.2 Å². The van der Waals surface area contributed by atoms with E-state index in [2.05, 4.69) is 15.3 Å². The van der Waals surface area contributed by atoms with Crippen molar-refractivity contribution in [3.8, 4) is 0 Å². The molecule has 0 saturated carbocycles. The van der Waals surface area contributed by atoms with Gasteiger partial charge in [-0.25, -0.2) is 9.97 Å². The lowest BCUT2D eigenvalue weighted by atomic mass is 9.95. The number of carbonyl (C=O) groups excluding carboxylic acids is 1. The van der Waals surface area contributed by atoms with Gasteiger partial charge in [-0.15, -0.1) is 0 Å². The summed E-state index contributed by atoms with van der Waals surface area (Å²) >= 11 is 0. The molecule has 2 N–H and O–H groups in total. The molecule has 1 unspecified atom stereocenters. The van der Waals surface area contributed by atoms with Crippen molar-refractivity contribution in [1.29, 1.82) is 0 Å². The first-order valence-electron chi connectivity index (χ1n) is 7.12. The van der Waals surface area contributed by atoms with Crippen molar-refractivity contribution in [3.05, 3.63) is 41.9 Å². The third-order valence-electron chi connectivity index (χ3n) is 3.34. The normalized spacial score (nSPS) is 14.2. The minimum absolute atomic E-state index is 0.136. The van der Waals surface area contributed by atoms with Crippen LogP contribution in [0.4, 0.5) is 18.9 Å². The van der Waals surface area contributed by atoms with Crippen LogP contribution < -0.4 is 5.32 Å². The summed E-state index contributed by atoms with van der Waals surface area (Å²) in [6.45, 7) is 3.27. The molecule has 2 heterocycles. The highest BCUT2D eigenvalue weighted by Crippen LogP contribution is 2.42. The second-order valence-corrected chi connectivity index (χ2v) is 5.23. The number of hydrogen-bond donors (Lipinski definition) is 2. The molecule has 0 radical (unpaired) electrons. The van der Waals surface area contributed by atoms with Crippen molar-refractivity contribution in [2.45, 2.75) is 38.5 Å². The van der Waals surface area contributed by atoms with Crippen molar-refractivity contribution in [1.82, 2.24) is 9.97 Å². The average molecular weight is 343 g/mol. The van der Waals surface area contributed by atoms with Crippen LogP contribution in [0.1, 0.15) is 30.7 Å². The molecule has 0 aliphatic heterocycles. The van der Waals surface area contributed by atoms with E-state index < -0.39 is 29.9 Å². The molecule has 1 atom stereocenters. The third kappa shape index (κ3) is 3.73. The summed E-state index contributed by atoms with van der Waals surface area (Å²) in [4.78, 5) is 19.8. The minimum Gasteiger partial charge on any atom is -0.463 e. The summed E-state index contributed by atoms with van der Waals surface area (Å²) in [6, 6.07) is 2.27. The number of halogens is 3. The van der Waals surface area contributed by atoms with E-state index in [0.717, 1.165) is 6.07 Å². The summed E-state index contributed by atoms with van der Waals surface area (Å²) in [5.74, 6) is -1.06. The number of aromatic nitrogens is 2. The fraction of sp³-hybridized carbons (Fsp3) is 0.400. The summed E-state index contributed by atoms with van der Waals surface area (Å²) < 4.78 is 44.7. The van der Waals surface area contributed by atoms with Crippen molar-refractivity contribution in [2.75, 3.05) is 5.32 Å².